The molecule has 13 heteroatoms. The number of piperidine rings is 1. The van der Waals surface area contributed by atoms with E-state index in [1.807, 2.05) is 17.8 Å². The van der Waals surface area contributed by atoms with Crippen LogP contribution in [-0.4, -0.2) is 67.0 Å². The molecule has 0 saturated carbocycles. The van der Waals surface area contributed by atoms with Crippen molar-refractivity contribution >= 4 is 23.8 Å². The van der Waals surface area contributed by atoms with E-state index in [0.29, 0.717) is 11.6 Å². The zero-order chi connectivity index (χ0) is 22.5. The molecule has 3 heterocycles. The van der Waals surface area contributed by atoms with Crippen molar-refractivity contribution < 1.29 is 33.0 Å². The summed E-state index contributed by atoms with van der Waals surface area (Å²) in [7, 11) is 1.99. The predicted molar refractivity (Wildman–Crippen MR) is 99.5 cm³/mol. The van der Waals surface area contributed by atoms with Crippen molar-refractivity contribution in [1.29, 1.82) is 0 Å². The highest BCUT2D eigenvalue weighted by Crippen LogP contribution is 2.19. The minimum atomic E-state index is -5.08. The maximum absolute atomic E-state index is 11.0. The Balaban J connectivity index is 0.000000396. The number of alkyl halides is 3. The van der Waals surface area contributed by atoms with Crippen molar-refractivity contribution in [3.05, 3.63) is 29.8 Å². The molecule has 10 nitrogen and oxygen atoms in total. The predicted octanol–water partition coefficient (Wildman–Crippen LogP) is 1.93. The van der Waals surface area contributed by atoms with Crippen LogP contribution in [-0.2, 0) is 11.8 Å². The van der Waals surface area contributed by atoms with Gasteiger partial charge < -0.3 is 25.0 Å². The minimum Gasteiger partial charge on any atom is -0.478 e. The zero-order valence-electron chi connectivity index (χ0n) is 16.2. The van der Waals surface area contributed by atoms with E-state index >= 15 is 0 Å². The van der Waals surface area contributed by atoms with Gasteiger partial charge in [0.1, 0.15) is 0 Å². The van der Waals surface area contributed by atoms with Crippen LogP contribution in [0.1, 0.15) is 28.9 Å². The Morgan fingerprint density at radius 1 is 1.20 bits per heavy atom. The molecule has 0 aromatic carbocycles. The molecule has 2 aromatic heterocycles. The van der Waals surface area contributed by atoms with Crippen molar-refractivity contribution in [2.75, 3.05) is 23.3 Å². The molecule has 1 aliphatic rings. The molecule has 0 aliphatic carbocycles. The second-order valence-corrected chi connectivity index (χ2v) is 6.54. The normalized spacial score (nSPS) is 14.6. The second-order valence-electron chi connectivity index (χ2n) is 6.54. The first-order valence-corrected chi connectivity index (χ1v) is 8.85. The van der Waals surface area contributed by atoms with Gasteiger partial charge in [0.25, 0.3) is 0 Å². The summed E-state index contributed by atoms with van der Waals surface area (Å²) in [6.07, 6.45) is 1.93. The molecule has 30 heavy (non-hydrogen) atoms. The number of nitrogens with zero attached hydrogens (tertiary/aromatic N) is 5. The number of nitrogens with one attached hydrogen (secondary N) is 1. The van der Waals surface area contributed by atoms with E-state index in [4.69, 9.17) is 15.0 Å². The molecular weight excluding hydrogens is 409 g/mol. The first kappa shape index (κ1) is 22.9. The molecular formula is C17H21F3N6O4. The molecule has 1 fully saturated rings. The fraction of sp³-hybridized carbons (Fsp3) is 0.471. The molecule has 3 N–H and O–H groups in total. The molecule has 0 bridgehead atoms. The number of carboxylic acid groups (broad SMARTS) is 2. The number of aromatic carboxylic acids is 1. The third-order valence-corrected chi connectivity index (χ3v) is 4.36. The van der Waals surface area contributed by atoms with Crippen LogP contribution in [0.2, 0.25) is 0 Å². The summed E-state index contributed by atoms with van der Waals surface area (Å²) in [5.41, 5.74) is 0.612. The van der Waals surface area contributed by atoms with Crippen molar-refractivity contribution in [3.63, 3.8) is 0 Å². The molecule has 0 spiro atoms. The smallest absolute Gasteiger partial charge is 0.478 e. The standard InChI is InChI=1S/C15H20N6O2.C2HF3O2/c1-10-12(13(22)23)9-17-14(18-10)19-11-3-6-21(7-4-11)15-16-5-8-20(15)2;3-2(4,5)1(6)7/h5,8-9,11H,3-4,6-7H2,1-2H3,(H,22,23)(H,17,18,19);(H,6,7). The monoisotopic (exact) mass is 430 g/mol. The van der Waals surface area contributed by atoms with E-state index in [9.17, 15) is 18.0 Å². The minimum absolute atomic E-state index is 0.139. The highest BCUT2D eigenvalue weighted by molar-refractivity contribution is 5.88. The Labute approximate surface area is 169 Å². The number of aromatic nitrogens is 4. The largest absolute Gasteiger partial charge is 0.490 e. The average Bonchev–Trinajstić information content (AvgIpc) is 3.08. The number of carbonyl (C=O) groups is 2. The summed E-state index contributed by atoms with van der Waals surface area (Å²) in [6.45, 7) is 3.50. The van der Waals surface area contributed by atoms with E-state index < -0.39 is 18.1 Å². The van der Waals surface area contributed by atoms with Crippen LogP contribution in [0.15, 0.2) is 18.6 Å². The number of carboxylic acids is 2. The third-order valence-electron chi connectivity index (χ3n) is 4.36. The molecule has 0 unspecified atom stereocenters. The highest BCUT2D eigenvalue weighted by atomic mass is 19.4. The van der Waals surface area contributed by atoms with Gasteiger partial charge in [-0.3, -0.25) is 0 Å². The summed E-state index contributed by atoms with van der Waals surface area (Å²) in [5, 5.41) is 19.4. The second kappa shape index (κ2) is 9.41. The molecule has 0 atom stereocenters. The quantitative estimate of drug-likeness (QED) is 0.665. The topological polar surface area (TPSA) is 133 Å². The van der Waals surface area contributed by atoms with Gasteiger partial charge in [-0.05, 0) is 19.8 Å². The lowest BCUT2D eigenvalue weighted by molar-refractivity contribution is -0.192. The zero-order valence-corrected chi connectivity index (χ0v) is 16.2. The lowest BCUT2D eigenvalue weighted by Crippen LogP contribution is -2.40. The van der Waals surface area contributed by atoms with E-state index in [1.165, 1.54) is 6.20 Å². The van der Waals surface area contributed by atoms with Gasteiger partial charge in [0.05, 0.1) is 11.3 Å². The Bertz CT molecular complexity index is 894. The van der Waals surface area contributed by atoms with Gasteiger partial charge in [0, 0.05) is 44.8 Å². The SMILES string of the molecule is Cc1nc(NC2CCN(c3nccn3C)CC2)ncc1C(=O)O.O=C(O)C(F)(F)F. The van der Waals surface area contributed by atoms with Crippen LogP contribution >= 0.6 is 0 Å². The third kappa shape index (κ3) is 6.06. The molecule has 0 radical (unpaired) electrons. The van der Waals surface area contributed by atoms with Gasteiger partial charge in [-0.2, -0.15) is 13.2 Å². The summed E-state index contributed by atoms with van der Waals surface area (Å²) in [4.78, 5) is 34.9. The van der Waals surface area contributed by atoms with Crippen molar-refractivity contribution in [2.45, 2.75) is 32.0 Å². The fourth-order valence-corrected chi connectivity index (χ4v) is 2.82. The van der Waals surface area contributed by atoms with Crippen LogP contribution < -0.4 is 10.2 Å². The number of aliphatic carboxylic acids is 1. The van der Waals surface area contributed by atoms with Crippen molar-refractivity contribution in [1.82, 2.24) is 19.5 Å². The van der Waals surface area contributed by atoms with Crippen molar-refractivity contribution in [3.8, 4) is 0 Å². The lowest BCUT2D eigenvalue weighted by Gasteiger charge is -2.33. The Hall–Kier alpha value is -3.38. The van der Waals surface area contributed by atoms with Gasteiger partial charge in [0.2, 0.25) is 11.9 Å². The van der Waals surface area contributed by atoms with Gasteiger partial charge in [0.15, 0.2) is 0 Å². The Morgan fingerprint density at radius 2 is 1.80 bits per heavy atom. The Morgan fingerprint density at radius 3 is 2.23 bits per heavy atom. The number of imidazole rings is 1. The first-order valence-electron chi connectivity index (χ1n) is 8.85. The van der Waals surface area contributed by atoms with E-state index in [1.54, 1.807) is 13.1 Å². The van der Waals surface area contributed by atoms with Gasteiger partial charge in [-0.25, -0.2) is 24.5 Å². The van der Waals surface area contributed by atoms with Crippen LogP contribution in [0.25, 0.3) is 0 Å². The molecule has 164 valence electrons. The number of hydrogen-bond acceptors (Lipinski definition) is 7. The number of rotatable bonds is 4. The summed E-state index contributed by atoms with van der Waals surface area (Å²) in [6, 6.07) is 0.279. The highest BCUT2D eigenvalue weighted by Gasteiger charge is 2.38. The molecule has 1 saturated heterocycles. The number of aryl methyl sites for hydroxylation is 2. The lowest BCUT2D eigenvalue weighted by atomic mass is 10.1. The maximum Gasteiger partial charge on any atom is 0.490 e. The summed E-state index contributed by atoms with van der Waals surface area (Å²) in [5.74, 6) is -2.28. The summed E-state index contributed by atoms with van der Waals surface area (Å²) < 4.78 is 33.8. The first-order chi connectivity index (χ1) is 14.0. The number of halogens is 3. The van der Waals surface area contributed by atoms with Crippen LogP contribution in [0.3, 0.4) is 0 Å². The van der Waals surface area contributed by atoms with Gasteiger partial charge in [-0.1, -0.05) is 0 Å². The maximum atomic E-state index is 11.0. The van der Waals surface area contributed by atoms with E-state index in [0.717, 1.165) is 31.9 Å². The van der Waals surface area contributed by atoms with Gasteiger partial charge >= 0.3 is 18.1 Å². The molecule has 1 aliphatic heterocycles. The fourth-order valence-electron chi connectivity index (χ4n) is 2.82. The average molecular weight is 430 g/mol. The summed E-state index contributed by atoms with van der Waals surface area (Å²) >= 11 is 0. The van der Waals surface area contributed by atoms with Crippen LogP contribution in [0.5, 0.6) is 0 Å². The molecule has 0 amide bonds. The Kier molecular flexibility index (Phi) is 7.19. The van der Waals surface area contributed by atoms with Crippen LogP contribution in [0, 0.1) is 6.92 Å². The molecule has 3 rings (SSSR count). The molecule has 2 aromatic rings. The van der Waals surface area contributed by atoms with Gasteiger partial charge in [-0.15, -0.1) is 0 Å². The van der Waals surface area contributed by atoms with E-state index in [2.05, 4.69) is 25.2 Å². The number of hydrogen-bond donors (Lipinski definition) is 3. The van der Waals surface area contributed by atoms with E-state index in [-0.39, 0.29) is 11.6 Å². The van der Waals surface area contributed by atoms with Crippen LogP contribution in [0.4, 0.5) is 25.1 Å². The van der Waals surface area contributed by atoms with Crippen molar-refractivity contribution in [2.24, 2.45) is 7.05 Å². The number of anilines is 2.